The second kappa shape index (κ2) is 6.85. The van der Waals surface area contributed by atoms with Crippen molar-refractivity contribution in [1.29, 1.82) is 0 Å². The number of aromatic nitrogens is 2. The van der Waals surface area contributed by atoms with Gasteiger partial charge in [-0.25, -0.2) is 4.39 Å². The monoisotopic (exact) mass is 289 g/mol. The quantitative estimate of drug-likeness (QED) is 0.883. The van der Waals surface area contributed by atoms with E-state index in [-0.39, 0.29) is 5.82 Å². The van der Waals surface area contributed by atoms with Gasteiger partial charge in [-0.05, 0) is 50.1 Å². The second-order valence-electron chi connectivity index (χ2n) is 6.04. The third-order valence-electron chi connectivity index (χ3n) is 3.42. The summed E-state index contributed by atoms with van der Waals surface area (Å²) >= 11 is 0. The molecule has 0 fully saturated rings. The first kappa shape index (κ1) is 15.7. The van der Waals surface area contributed by atoms with Gasteiger partial charge in [-0.15, -0.1) is 0 Å². The SMILES string of the molecule is Cc1cc(C)n(Cc2cc(CNCC(C)C)ccc2F)n1. The molecule has 0 aliphatic heterocycles. The molecule has 0 aliphatic rings. The largest absolute Gasteiger partial charge is 0.312 e. The zero-order valence-electron chi connectivity index (χ0n) is 13.3. The van der Waals surface area contributed by atoms with Crippen molar-refractivity contribution in [3.63, 3.8) is 0 Å². The molecule has 0 saturated heterocycles. The first-order valence-corrected chi connectivity index (χ1v) is 7.44. The van der Waals surface area contributed by atoms with Crippen LogP contribution >= 0.6 is 0 Å². The van der Waals surface area contributed by atoms with Gasteiger partial charge in [-0.2, -0.15) is 5.10 Å². The maximum Gasteiger partial charge on any atom is 0.128 e. The highest BCUT2D eigenvalue weighted by atomic mass is 19.1. The van der Waals surface area contributed by atoms with E-state index in [2.05, 4.69) is 24.3 Å². The van der Waals surface area contributed by atoms with E-state index in [1.165, 1.54) is 0 Å². The Bertz CT molecular complexity index is 602. The summed E-state index contributed by atoms with van der Waals surface area (Å²) in [6.45, 7) is 10.5. The van der Waals surface area contributed by atoms with Crippen LogP contribution in [0.15, 0.2) is 24.3 Å². The third-order valence-corrected chi connectivity index (χ3v) is 3.42. The molecule has 0 amide bonds. The lowest BCUT2D eigenvalue weighted by Crippen LogP contribution is -2.19. The highest BCUT2D eigenvalue weighted by molar-refractivity contribution is 5.26. The van der Waals surface area contributed by atoms with Gasteiger partial charge in [0.25, 0.3) is 0 Å². The topological polar surface area (TPSA) is 29.9 Å². The Hall–Kier alpha value is -1.68. The number of hydrogen-bond acceptors (Lipinski definition) is 2. The lowest BCUT2D eigenvalue weighted by molar-refractivity contribution is 0.548. The predicted octanol–water partition coefficient (Wildman–Crippen LogP) is 3.43. The van der Waals surface area contributed by atoms with Crippen LogP contribution in [0.2, 0.25) is 0 Å². The van der Waals surface area contributed by atoms with Crippen molar-refractivity contribution in [2.75, 3.05) is 6.54 Å². The molecular formula is C17H24FN3. The number of nitrogens with zero attached hydrogens (tertiary/aromatic N) is 2. The molecular weight excluding hydrogens is 265 g/mol. The summed E-state index contributed by atoms with van der Waals surface area (Å²) < 4.78 is 15.8. The molecule has 1 aromatic heterocycles. The van der Waals surface area contributed by atoms with Crippen LogP contribution in [0.4, 0.5) is 4.39 Å². The van der Waals surface area contributed by atoms with Crippen LogP contribution in [-0.2, 0) is 13.1 Å². The van der Waals surface area contributed by atoms with Gasteiger partial charge in [0, 0.05) is 17.8 Å². The van der Waals surface area contributed by atoms with Crippen LogP contribution in [0, 0.1) is 25.6 Å². The van der Waals surface area contributed by atoms with Gasteiger partial charge < -0.3 is 5.32 Å². The fraction of sp³-hybridized carbons (Fsp3) is 0.471. The summed E-state index contributed by atoms with van der Waals surface area (Å²) in [4.78, 5) is 0. The maximum atomic E-state index is 14.0. The molecule has 2 rings (SSSR count). The molecule has 114 valence electrons. The summed E-state index contributed by atoms with van der Waals surface area (Å²) in [5, 5.41) is 7.78. The van der Waals surface area contributed by atoms with Gasteiger partial charge >= 0.3 is 0 Å². The van der Waals surface area contributed by atoms with Crippen LogP contribution < -0.4 is 5.32 Å². The first-order chi connectivity index (χ1) is 9.95. The Morgan fingerprint density at radius 3 is 2.62 bits per heavy atom. The van der Waals surface area contributed by atoms with Gasteiger partial charge in [0.1, 0.15) is 5.82 Å². The average molecular weight is 289 g/mol. The molecule has 0 radical (unpaired) electrons. The fourth-order valence-electron chi connectivity index (χ4n) is 2.36. The van der Waals surface area contributed by atoms with Crippen molar-refractivity contribution in [2.45, 2.75) is 40.8 Å². The van der Waals surface area contributed by atoms with Crippen LogP contribution in [0.3, 0.4) is 0 Å². The maximum absolute atomic E-state index is 14.0. The lowest BCUT2D eigenvalue weighted by Gasteiger charge is -2.10. The standard InChI is InChI=1S/C17H24FN3/c1-12(2)9-19-10-15-5-6-17(18)16(8-15)11-21-14(4)7-13(3)20-21/h5-8,12,19H,9-11H2,1-4H3. The average Bonchev–Trinajstić information content (AvgIpc) is 2.71. The zero-order valence-corrected chi connectivity index (χ0v) is 13.3. The van der Waals surface area contributed by atoms with Gasteiger partial charge in [-0.1, -0.05) is 19.9 Å². The number of rotatable bonds is 6. The highest BCUT2D eigenvalue weighted by Gasteiger charge is 2.08. The Morgan fingerprint density at radius 1 is 1.24 bits per heavy atom. The number of halogens is 1. The molecule has 0 spiro atoms. The molecule has 3 nitrogen and oxygen atoms in total. The van der Waals surface area contributed by atoms with Crippen molar-refractivity contribution >= 4 is 0 Å². The number of hydrogen-bond donors (Lipinski definition) is 1. The minimum Gasteiger partial charge on any atom is -0.312 e. The molecule has 2 aromatic rings. The van der Waals surface area contributed by atoms with Crippen molar-refractivity contribution in [3.8, 4) is 0 Å². The molecule has 4 heteroatoms. The molecule has 0 bridgehead atoms. The van der Waals surface area contributed by atoms with E-state index >= 15 is 0 Å². The summed E-state index contributed by atoms with van der Waals surface area (Å²) in [7, 11) is 0. The normalized spacial score (nSPS) is 11.3. The Morgan fingerprint density at radius 2 is 2.00 bits per heavy atom. The summed E-state index contributed by atoms with van der Waals surface area (Å²) in [5.74, 6) is 0.440. The van der Waals surface area contributed by atoms with E-state index in [9.17, 15) is 4.39 Å². The van der Waals surface area contributed by atoms with E-state index in [0.717, 1.165) is 30.0 Å². The van der Waals surface area contributed by atoms with E-state index in [1.807, 2.05) is 36.7 Å². The van der Waals surface area contributed by atoms with Gasteiger partial charge in [0.2, 0.25) is 0 Å². The van der Waals surface area contributed by atoms with Crippen molar-refractivity contribution < 1.29 is 4.39 Å². The van der Waals surface area contributed by atoms with Crippen LogP contribution in [0.25, 0.3) is 0 Å². The Balaban J connectivity index is 2.10. The molecule has 0 aliphatic carbocycles. The van der Waals surface area contributed by atoms with Crippen LogP contribution in [0.5, 0.6) is 0 Å². The lowest BCUT2D eigenvalue weighted by atomic mass is 10.1. The van der Waals surface area contributed by atoms with Crippen molar-refractivity contribution in [2.24, 2.45) is 5.92 Å². The Labute approximate surface area is 126 Å². The molecule has 1 aromatic carbocycles. The smallest absolute Gasteiger partial charge is 0.128 e. The zero-order chi connectivity index (χ0) is 15.4. The number of nitrogens with one attached hydrogen (secondary N) is 1. The predicted molar refractivity (Wildman–Crippen MR) is 83.7 cm³/mol. The highest BCUT2D eigenvalue weighted by Crippen LogP contribution is 2.14. The molecule has 0 saturated carbocycles. The summed E-state index contributed by atoms with van der Waals surface area (Å²) in [6, 6.07) is 7.33. The molecule has 1 heterocycles. The van der Waals surface area contributed by atoms with E-state index < -0.39 is 0 Å². The van der Waals surface area contributed by atoms with Gasteiger partial charge in [-0.3, -0.25) is 4.68 Å². The van der Waals surface area contributed by atoms with Crippen molar-refractivity contribution in [1.82, 2.24) is 15.1 Å². The molecule has 21 heavy (non-hydrogen) atoms. The van der Waals surface area contributed by atoms with Gasteiger partial charge in [0.15, 0.2) is 0 Å². The molecule has 0 atom stereocenters. The third kappa shape index (κ3) is 4.39. The molecule has 0 unspecified atom stereocenters. The molecule has 1 N–H and O–H groups in total. The number of aryl methyl sites for hydroxylation is 2. The van der Waals surface area contributed by atoms with E-state index in [0.29, 0.717) is 18.0 Å². The summed E-state index contributed by atoms with van der Waals surface area (Å²) in [6.07, 6.45) is 0. The second-order valence-corrected chi connectivity index (χ2v) is 6.04. The Kier molecular flexibility index (Phi) is 5.12. The van der Waals surface area contributed by atoms with E-state index in [1.54, 1.807) is 6.07 Å². The minimum absolute atomic E-state index is 0.171. The summed E-state index contributed by atoms with van der Waals surface area (Å²) in [5.41, 5.74) is 3.80. The van der Waals surface area contributed by atoms with Crippen LogP contribution in [-0.4, -0.2) is 16.3 Å². The first-order valence-electron chi connectivity index (χ1n) is 7.44. The number of benzene rings is 1. The van der Waals surface area contributed by atoms with E-state index in [4.69, 9.17) is 0 Å². The minimum atomic E-state index is -0.171. The van der Waals surface area contributed by atoms with Crippen LogP contribution in [0.1, 0.15) is 36.4 Å². The fourth-order valence-corrected chi connectivity index (χ4v) is 2.36. The van der Waals surface area contributed by atoms with Crippen molar-refractivity contribution in [3.05, 3.63) is 52.6 Å². The van der Waals surface area contributed by atoms with Gasteiger partial charge in [0.05, 0.1) is 12.2 Å².